The van der Waals surface area contributed by atoms with Gasteiger partial charge in [-0.25, -0.2) is 0 Å². The minimum absolute atomic E-state index is 0.0569. The summed E-state index contributed by atoms with van der Waals surface area (Å²) < 4.78 is 17.5. The van der Waals surface area contributed by atoms with Crippen LogP contribution in [-0.2, 0) is 23.8 Å². The minimum Gasteiger partial charge on any atom is -0.462 e. The summed E-state index contributed by atoms with van der Waals surface area (Å²) in [5.74, 6) is -0.479. The second-order valence-electron chi connectivity index (χ2n) is 21.0. The Kier molecular flexibility index (Phi) is 60.3. The predicted molar refractivity (Wildman–Crippen MR) is 316 cm³/mol. The number of hydrogen-bond donors (Lipinski definition) is 0. The fraction of sp³-hybridized carbons (Fsp3) is 0.791. The van der Waals surface area contributed by atoms with Crippen molar-refractivity contribution >= 4 is 11.9 Å². The minimum atomic E-state index is -0.577. The van der Waals surface area contributed by atoms with E-state index in [9.17, 15) is 9.59 Å². The first-order valence-electron chi connectivity index (χ1n) is 31.5. The van der Waals surface area contributed by atoms with Crippen LogP contribution in [0.5, 0.6) is 0 Å². The molecule has 0 unspecified atom stereocenters. The molecule has 0 aliphatic heterocycles. The van der Waals surface area contributed by atoms with Crippen molar-refractivity contribution in [1.82, 2.24) is 0 Å². The third-order valence-corrected chi connectivity index (χ3v) is 13.7. The monoisotopic (exact) mass is 1000 g/mol. The van der Waals surface area contributed by atoms with E-state index in [2.05, 4.69) is 87.6 Å². The van der Waals surface area contributed by atoms with Crippen molar-refractivity contribution in [3.8, 4) is 0 Å². The number of esters is 2. The number of allylic oxidation sites excluding steroid dienone is 12. The van der Waals surface area contributed by atoms with Crippen LogP contribution in [0.1, 0.15) is 316 Å². The van der Waals surface area contributed by atoms with E-state index in [1.807, 2.05) is 6.08 Å². The summed E-state index contributed by atoms with van der Waals surface area (Å²) in [5.41, 5.74) is 0. The first-order valence-corrected chi connectivity index (χ1v) is 31.5. The zero-order chi connectivity index (χ0) is 52.0. The maximum atomic E-state index is 12.9. The highest BCUT2D eigenvalue weighted by molar-refractivity contribution is 5.70. The second-order valence-corrected chi connectivity index (χ2v) is 21.0. The van der Waals surface area contributed by atoms with Crippen molar-refractivity contribution in [3.63, 3.8) is 0 Å². The fourth-order valence-corrected chi connectivity index (χ4v) is 9.02. The molecule has 0 fully saturated rings. The number of unbranched alkanes of at least 4 members (excludes halogenated alkanes) is 35. The van der Waals surface area contributed by atoms with Crippen molar-refractivity contribution in [2.75, 3.05) is 19.8 Å². The molecule has 0 saturated carbocycles. The molecule has 0 aliphatic carbocycles. The third kappa shape index (κ3) is 59.9. The molecule has 5 nitrogen and oxygen atoms in total. The topological polar surface area (TPSA) is 61.8 Å². The summed E-state index contributed by atoms with van der Waals surface area (Å²) in [6, 6.07) is 0. The normalized spacial score (nSPS) is 12.7. The maximum Gasteiger partial charge on any atom is 0.306 e. The molecule has 0 heterocycles. The maximum absolute atomic E-state index is 12.9. The molecule has 1 atom stereocenters. The van der Waals surface area contributed by atoms with Gasteiger partial charge >= 0.3 is 11.9 Å². The molecule has 72 heavy (non-hydrogen) atoms. The number of hydrogen-bond acceptors (Lipinski definition) is 5. The smallest absolute Gasteiger partial charge is 0.306 e. The van der Waals surface area contributed by atoms with Crippen LogP contribution in [0.25, 0.3) is 0 Å². The molecule has 5 heteroatoms. The van der Waals surface area contributed by atoms with Crippen LogP contribution in [0.2, 0.25) is 0 Å². The average molecular weight is 1010 g/mol. The largest absolute Gasteiger partial charge is 0.462 e. The molecule has 0 aliphatic rings. The summed E-state index contributed by atoms with van der Waals surface area (Å²) in [6.45, 7) is 7.77. The van der Waals surface area contributed by atoms with Crippen LogP contribution < -0.4 is 0 Å². The summed E-state index contributed by atoms with van der Waals surface area (Å²) in [4.78, 5) is 25.6. The Bertz CT molecular complexity index is 1270. The number of rotatable bonds is 58. The lowest BCUT2D eigenvalue weighted by molar-refractivity contribution is -0.162. The van der Waals surface area contributed by atoms with Crippen LogP contribution in [-0.4, -0.2) is 37.9 Å². The van der Waals surface area contributed by atoms with E-state index in [0.29, 0.717) is 25.9 Å². The van der Waals surface area contributed by atoms with Gasteiger partial charge in [0.1, 0.15) is 6.61 Å². The van der Waals surface area contributed by atoms with Gasteiger partial charge in [0.2, 0.25) is 0 Å². The van der Waals surface area contributed by atoms with Crippen molar-refractivity contribution < 1.29 is 23.8 Å². The van der Waals surface area contributed by atoms with Crippen LogP contribution in [0.3, 0.4) is 0 Å². The molecule has 0 rings (SSSR count). The quantitative estimate of drug-likeness (QED) is 0.0345. The molecule has 418 valence electrons. The van der Waals surface area contributed by atoms with Gasteiger partial charge in [0.15, 0.2) is 6.10 Å². The second kappa shape index (κ2) is 62.6. The Labute approximate surface area is 448 Å². The Morgan fingerprint density at radius 2 is 0.611 bits per heavy atom. The third-order valence-electron chi connectivity index (χ3n) is 13.7. The van der Waals surface area contributed by atoms with E-state index in [-0.39, 0.29) is 25.2 Å². The van der Waals surface area contributed by atoms with Crippen LogP contribution in [0.15, 0.2) is 72.9 Å². The van der Waals surface area contributed by atoms with Crippen molar-refractivity contribution in [1.29, 1.82) is 0 Å². The number of ether oxygens (including phenoxy) is 3. The van der Waals surface area contributed by atoms with Crippen LogP contribution in [0, 0.1) is 0 Å². The predicted octanol–water partition coefficient (Wildman–Crippen LogP) is 21.8. The van der Waals surface area contributed by atoms with E-state index in [1.54, 1.807) is 0 Å². The summed E-state index contributed by atoms with van der Waals surface area (Å²) in [5, 5.41) is 0. The van der Waals surface area contributed by atoms with Crippen molar-refractivity contribution in [3.05, 3.63) is 72.9 Å². The molecule has 0 aromatic carbocycles. The number of carbonyl (C=O) groups is 2. The molecule has 0 saturated heterocycles. The van der Waals surface area contributed by atoms with Crippen LogP contribution in [0.4, 0.5) is 0 Å². The number of carbonyl (C=O) groups excluding carboxylic acids is 2. The highest BCUT2D eigenvalue weighted by Gasteiger charge is 2.17. The first kappa shape index (κ1) is 69.3. The molecular formula is C67H120O5. The Morgan fingerprint density at radius 3 is 1.03 bits per heavy atom. The zero-order valence-corrected chi connectivity index (χ0v) is 48.2. The Balaban J connectivity index is 4.34. The summed E-state index contributed by atoms with van der Waals surface area (Å²) in [6.07, 6.45) is 82.3. The van der Waals surface area contributed by atoms with Gasteiger partial charge in [-0.3, -0.25) is 9.59 Å². The Hall–Kier alpha value is -2.66. The van der Waals surface area contributed by atoms with E-state index in [1.165, 1.54) is 225 Å². The lowest BCUT2D eigenvalue weighted by atomic mass is 10.0. The Morgan fingerprint density at radius 1 is 0.306 bits per heavy atom. The molecule has 0 amide bonds. The van der Waals surface area contributed by atoms with Gasteiger partial charge in [0, 0.05) is 19.4 Å². The molecule has 0 spiro atoms. The molecule has 0 radical (unpaired) electrons. The van der Waals surface area contributed by atoms with Crippen molar-refractivity contribution in [2.24, 2.45) is 0 Å². The molecule has 0 bridgehead atoms. The van der Waals surface area contributed by atoms with Gasteiger partial charge in [-0.05, 0) is 83.5 Å². The van der Waals surface area contributed by atoms with Gasteiger partial charge in [-0.15, -0.1) is 0 Å². The van der Waals surface area contributed by atoms with E-state index < -0.39 is 6.10 Å². The van der Waals surface area contributed by atoms with E-state index in [0.717, 1.165) is 51.4 Å². The SMILES string of the molecule is CCCCC/C=C\C/C=C\C/C=C\C/C=C\C/C=C\CCC(=O)O[C@H](COCCCCCCCCCCCCCCCCCC)COC(=O)CCCCCCCCCCCCC/C=C\CCCCCCCC. The molecule has 0 N–H and O–H groups in total. The highest BCUT2D eigenvalue weighted by atomic mass is 16.6. The van der Waals surface area contributed by atoms with Crippen LogP contribution >= 0.6 is 0 Å². The summed E-state index contributed by atoms with van der Waals surface area (Å²) in [7, 11) is 0. The highest BCUT2D eigenvalue weighted by Crippen LogP contribution is 2.16. The molecule has 0 aromatic heterocycles. The lowest BCUT2D eigenvalue weighted by Gasteiger charge is -2.18. The fourth-order valence-electron chi connectivity index (χ4n) is 9.02. The molecule has 0 aromatic rings. The summed E-state index contributed by atoms with van der Waals surface area (Å²) >= 11 is 0. The standard InChI is InChI=1S/C67H120O5/c1-4-7-10-13-16-19-22-25-28-31-33-34-36-37-39-42-45-48-51-54-57-60-66(68)71-64-65(63-70-62-59-56-53-50-47-44-41-30-27-24-21-18-15-12-9-6-3)72-67(69)61-58-55-52-49-46-43-40-38-35-32-29-26-23-20-17-14-11-8-5-2/h17,20,25-26,28-29,35,38,43,46,52,55,65H,4-16,18-19,21-24,27,30-34,36-37,39-42,44-45,47-51,53-54,56-64H2,1-3H3/b20-17-,28-25-,29-26-,38-35-,46-43-,55-52-/t65-/m1/s1. The van der Waals surface area contributed by atoms with Gasteiger partial charge in [-0.2, -0.15) is 0 Å². The van der Waals surface area contributed by atoms with Gasteiger partial charge in [0.05, 0.1) is 6.61 Å². The van der Waals surface area contributed by atoms with Gasteiger partial charge < -0.3 is 14.2 Å². The molecular weight excluding hydrogens is 885 g/mol. The lowest BCUT2D eigenvalue weighted by Crippen LogP contribution is -2.30. The average Bonchev–Trinajstić information content (AvgIpc) is 3.38. The zero-order valence-electron chi connectivity index (χ0n) is 48.2. The van der Waals surface area contributed by atoms with Crippen molar-refractivity contribution in [2.45, 2.75) is 322 Å². The van der Waals surface area contributed by atoms with Gasteiger partial charge in [0.25, 0.3) is 0 Å². The van der Waals surface area contributed by atoms with E-state index in [4.69, 9.17) is 14.2 Å². The van der Waals surface area contributed by atoms with Gasteiger partial charge in [-0.1, -0.05) is 293 Å². The first-order chi connectivity index (χ1) is 35.6. The van der Waals surface area contributed by atoms with E-state index >= 15 is 0 Å².